The maximum atomic E-state index is 12.2. The van der Waals surface area contributed by atoms with Gasteiger partial charge in [-0.25, -0.2) is 0 Å². The zero-order valence-corrected chi connectivity index (χ0v) is 14.9. The van der Waals surface area contributed by atoms with Gasteiger partial charge in [0.1, 0.15) is 11.8 Å². The summed E-state index contributed by atoms with van der Waals surface area (Å²) in [5.41, 5.74) is 3.23. The minimum atomic E-state index is -0.502. The molecular weight excluding hydrogens is 306 g/mol. The van der Waals surface area contributed by atoms with E-state index in [9.17, 15) is 9.90 Å². The molecular formula is C18H27N3O3. The molecule has 0 saturated carbocycles. The van der Waals surface area contributed by atoms with Gasteiger partial charge < -0.3 is 14.8 Å². The maximum absolute atomic E-state index is 12.2. The van der Waals surface area contributed by atoms with Crippen molar-refractivity contribution in [2.24, 2.45) is 5.92 Å². The smallest absolute Gasteiger partial charge is 0.220 e. The molecule has 0 aromatic carbocycles. The van der Waals surface area contributed by atoms with Gasteiger partial charge in [-0.15, -0.1) is 0 Å². The molecule has 0 spiro atoms. The number of hydrogen-bond acceptors (Lipinski definition) is 4. The molecule has 0 aliphatic carbocycles. The van der Waals surface area contributed by atoms with Crippen LogP contribution in [0.3, 0.4) is 0 Å². The third kappa shape index (κ3) is 4.47. The van der Waals surface area contributed by atoms with E-state index in [1.54, 1.807) is 12.1 Å². The maximum Gasteiger partial charge on any atom is 0.220 e. The van der Waals surface area contributed by atoms with Crippen molar-refractivity contribution in [1.82, 2.24) is 15.1 Å². The van der Waals surface area contributed by atoms with Crippen LogP contribution in [0.15, 0.2) is 22.8 Å². The number of nitrogens with zero attached hydrogens (tertiary/aromatic N) is 2. The van der Waals surface area contributed by atoms with Crippen LogP contribution >= 0.6 is 0 Å². The van der Waals surface area contributed by atoms with E-state index in [-0.39, 0.29) is 12.5 Å². The summed E-state index contributed by atoms with van der Waals surface area (Å²) < 4.78 is 7.26. The number of furan rings is 1. The molecule has 6 nitrogen and oxygen atoms in total. The molecule has 1 unspecified atom stereocenters. The fourth-order valence-electron chi connectivity index (χ4n) is 2.82. The molecule has 2 heterocycles. The molecule has 6 heteroatoms. The number of hydrogen-bond donors (Lipinski definition) is 2. The second-order valence-corrected chi connectivity index (χ2v) is 6.54. The summed E-state index contributed by atoms with van der Waals surface area (Å²) in [5, 5.41) is 16.8. The van der Waals surface area contributed by atoms with Gasteiger partial charge in [-0.1, -0.05) is 13.8 Å². The van der Waals surface area contributed by atoms with Crippen LogP contribution in [-0.2, 0) is 17.8 Å². The zero-order valence-electron chi connectivity index (χ0n) is 14.9. The highest BCUT2D eigenvalue weighted by molar-refractivity contribution is 5.76. The second-order valence-electron chi connectivity index (χ2n) is 6.54. The molecule has 0 bridgehead atoms. The quantitative estimate of drug-likeness (QED) is 0.778. The van der Waals surface area contributed by atoms with Crippen molar-refractivity contribution in [2.75, 3.05) is 6.61 Å². The van der Waals surface area contributed by atoms with Crippen molar-refractivity contribution in [2.45, 2.75) is 53.1 Å². The van der Waals surface area contributed by atoms with Gasteiger partial charge in [0.05, 0.1) is 18.6 Å². The normalized spacial score (nSPS) is 12.6. The summed E-state index contributed by atoms with van der Waals surface area (Å²) in [6.07, 6.45) is 2.52. The highest BCUT2D eigenvalue weighted by Gasteiger charge is 2.18. The van der Waals surface area contributed by atoms with Crippen molar-refractivity contribution in [1.29, 1.82) is 0 Å². The van der Waals surface area contributed by atoms with E-state index in [4.69, 9.17) is 4.42 Å². The Labute approximate surface area is 142 Å². The lowest BCUT2D eigenvalue weighted by Crippen LogP contribution is -2.30. The number of nitrogens with one attached hydrogen (secondary N) is 1. The van der Waals surface area contributed by atoms with Gasteiger partial charge in [0, 0.05) is 18.7 Å². The Bertz CT molecular complexity index is 659. The topological polar surface area (TPSA) is 80.3 Å². The minimum absolute atomic E-state index is 0.110. The Morgan fingerprint density at radius 2 is 2.17 bits per heavy atom. The molecule has 0 aliphatic heterocycles. The van der Waals surface area contributed by atoms with E-state index >= 15 is 0 Å². The van der Waals surface area contributed by atoms with Crippen LogP contribution in [0.4, 0.5) is 0 Å². The molecule has 2 aromatic rings. The summed E-state index contributed by atoms with van der Waals surface area (Å²) in [4.78, 5) is 12.2. The number of aliphatic hydroxyl groups excluding tert-OH is 1. The summed E-state index contributed by atoms with van der Waals surface area (Å²) in [6, 6.07) is 2.98. The first-order chi connectivity index (χ1) is 11.4. The molecule has 0 aliphatic rings. The largest absolute Gasteiger partial charge is 0.467 e. The summed E-state index contributed by atoms with van der Waals surface area (Å²) in [5.74, 6) is 0.974. The summed E-state index contributed by atoms with van der Waals surface area (Å²) in [7, 11) is 0. The lowest BCUT2D eigenvalue weighted by molar-refractivity contribution is -0.122. The number of carbonyl (C=O) groups excluding carboxylic acids is 1. The third-order valence-corrected chi connectivity index (χ3v) is 4.08. The average Bonchev–Trinajstić information content (AvgIpc) is 3.13. The molecule has 2 aromatic heterocycles. The SMILES string of the molecule is Cc1nn(CC(C)C)c(C)c1CCC(=O)NC(CO)c1ccco1. The molecule has 0 saturated heterocycles. The van der Waals surface area contributed by atoms with Crippen LogP contribution < -0.4 is 5.32 Å². The van der Waals surface area contributed by atoms with Crippen LogP contribution in [-0.4, -0.2) is 27.4 Å². The number of aryl methyl sites for hydroxylation is 1. The highest BCUT2D eigenvalue weighted by Crippen LogP contribution is 2.17. The molecule has 1 amide bonds. The Kier molecular flexibility index (Phi) is 6.20. The summed E-state index contributed by atoms with van der Waals surface area (Å²) >= 11 is 0. The molecule has 2 rings (SSSR count). The first kappa shape index (κ1) is 18.3. The van der Waals surface area contributed by atoms with E-state index in [0.29, 0.717) is 24.5 Å². The van der Waals surface area contributed by atoms with Crippen molar-refractivity contribution in [3.63, 3.8) is 0 Å². The van der Waals surface area contributed by atoms with Gasteiger partial charge in [0.15, 0.2) is 0 Å². The molecule has 0 fully saturated rings. The number of rotatable bonds is 8. The number of amides is 1. The Morgan fingerprint density at radius 3 is 2.75 bits per heavy atom. The fraction of sp³-hybridized carbons (Fsp3) is 0.556. The molecule has 0 radical (unpaired) electrons. The molecule has 24 heavy (non-hydrogen) atoms. The van der Waals surface area contributed by atoms with E-state index in [2.05, 4.69) is 31.2 Å². The molecule has 1 atom stereocenters. The Hall–Kier alpha value is -2.08. The number of carbonyl (C=O) groups is 1. The predicted molar refractivity (Wildman–Crippen MR) is 91.5 cm³/mol. The number of aliphatic hydroxyl groups is 1. The van der Waals surface area contributed by atoms with Gasteiger partial charge in [-0.05, 0) is 43.9 Å². The number of aromatic nitrogens is 2. The third-order valence-electron chi connectivity index (χ3n) is 4.08. The van der Waals surface area contributed by atoms with E-state index in [0.717, 1.165) is 23.5 Å². The van der Waals surface area contributed by atoms with E-state index in [1.807, 2.05) is 11.6 Å². The van der Waals surface area contributed by atoms with Crippen LogP contribution in [0.5, 0.6) is 0 Å². The van der Waals surface area contributed by atoms with Crippen molar-refractivity contribution < 1.29 is 14.3 Å². The van der Waals surface area contributed by atoms with Crippen molar-refractivity contribution in [3.05, 3.63) is 41.1 Å². The first-order valence-corrected chi connectivity index (χ1v) is 8.38. The monoisotopic (exact) mass is 333 g/mol. The van der Waals surface area contributed by atoms with Gasteiger partial charge in [-0.3, -0.25) is 9.48 Å². The Balaban J connectivity index is 1.95. The highest BCUT2D eigenvalue weighted by atomic mass is 16.3. The predicted octanol–water partition coefficient (Wildman–Crippen LogP) is 2.53. The molecule has 132 valence electrons. The lowest BCUT2D eigenvalue weighted by atomic mass is 10.1. The van der Waals surface area contributed by atoms with Crippen LogP contribution in [0.1, 0.15) is 49.0 Å². The summed E-state index contributed by atoms with van der Waals surface area (Å²) in [6.45, 7) is 9.04. The van der Waals surface area contributed by atoms with E-state index < -0.39 is 6.04 Å². The second kappa shape index (κ2) is 8.15. The van der Waals surface area contributed by atoms with Crippen LogP contribution in [0.25, 0.3) is 0 Å². The van der Waals surface area contributed by atoms with Crippen LogP contribution in [0, 0.1) is 19.8 Å². The van der Waals surface area contributed by atoms with Crippen molar-refractivity contribution in [3.8, 4) is 0 Å². The zero-order chi connectivity index (χ0) is 17.7. The first-order valence-electron chi connectivity index (χ1n) is 8.38. The van der Waals surface area contributed by atoms with Gasteiger partial charge in [0.2, 0.25) is 5.91 Å². The van der Waals surface area contributed by atoms with Gasteiger partial charge in [0.25, 0.3) is 0 Å². The van der Waals surface area contributed by atoms with E-state index in [1.165, 1.54) is 6.26 Å². The Morgan fingerprint density at radius 1 is 1.42 bits per heavy atom. The van der Waals surface area contributed by atoms with Crippen molar-refractivity contribution >= 4 is 5.91 Å². The minimum Gasteiger partial charge on any atom is -0.467 e. The van der Waals surface area contributed by atoms with Crippen LogP contribution in [0.2, 0.25) is 0 Å². The lowest BCUT2D eigenvalue weighted by Gasteiger charge is -2.14. The molecule has 2 N–H and O–H groups in total. The standard InChI is InChI=1S/C18H27N3O3/c1-12(2)10-21-14(4)15(13(3)20-21)7-8-18(23)19-16(11-22)17-6-5-9-24-17/h5-6,9,12,16,22H,7-8,10-11H2,1-4H3,(H,19,23). The average molecular weight is 333 g/mol. The fourth-order valence-corrected chi connectivity index (χ4v) is 2.82. The van der Waals surface area contributed by atoms with Gasteiger partial charge >= 0.3 is 0 Å². The van der Waals surface area contributed by atoms with Gasteiger partial charge in [-0.2, -0.15) is 5.10 Å².